The second kappa shape index (κ2) is 7.19. The van der Waals surface area contributed by atoms with Crippen LogP contribution in [0.15, 0.2) is 18.2 Å². The summed E-state index contributed by atoms with van der Waals surface area (Å²) in [5.41, 5.74) is 0.177. The van der Waals surface area contributed by atoms with Crippen molar-refractivity contribution in [3.63, 3.8) is 0 Å². The van der Waals surface area contributed by atoms with Crippen molar-refractivity contribution >= 4 is 23.5 Å². The predicted octanol–water partition coefficient (Wildman–Crippen LogP) is 1.46. The van der Waals surface area contributed by atoms with Gasteiger partial charge in [-0.3, -0.25) is 14.4 Å². The molecule has 8 heteroatoms. The fourth-order valence-corrected chi connectivity index (χ4v) is 3.69. The molecule has 1 aliphatic carbocycles. The molecule has 2 atom stereocenters. The van der Waals surface area contributed by atoms with E-state index in [0.29, 0.717) is 43.3 Å². The molecule has 2 amide bonds. The van der Waals surface area contributed by atoms with E-state index >= 15 is 0 Å². The van der Waals surface area contributed by atoms with Crippen molar-refractivity contribution in [1.82, 2.24) is 4.90 Å². The topological polar surface area (TPSA) is 105 Å². The van der Waals surface area contributed by atoms with E-state index in [1.807, 2.05) is 0 Å². The van der Waals surface area contributed by atoms with Gasteiger partial charge in [0.2, 0.25) is 5.91 Å². The van der Waals surface area contributed by atoms with Gasteiger partial charge in [-0.05, 0) is 23.6 Å². The third-order valence-corrected chi connectivity index (χ3v) is 5.38. The third kappa shape index (κ3) is 3.62. The Bertz CT molecular complexity index is 769. The van der Waals surface area contributed by atoms with E-state index in [-0.39, 0.29) is 11.8 Å². The van der Waals surface area contributed by atoms with Gasteiger partial charge in [-0.1, -0.05) is 13.8 Å². The zero-order valence-electron chi connectivity index (χ0n) is 15.7. The van der Waals surface area contributed by atoms with Crippen LogP contribution in [0.4, 0.5) is 5.69 Å². The van der Waals surface area contributed by atoms with E-state index in [1.165, 1.54) is 7.11 Å². The second-order valence-electron chi connectivity index (χ2n) is 7.42. The van der Waals surface area contributed by atoms with Gasteiger partial charge in [-0.15, -0.1) is 0 Å². The molecule has 0 aromatic heterocycles. The Morgan fingerprint density at radius 2 is 1.89 bits per heavy atom. The van der Waals surface area contributed by atoms with Gasteiger partial charge < -0.3 is 24.8 Å². The number of morpholine rings is 1. The summed E-state index contributed by atoms with van der Waals surface area (Å²) >= 11 is 0. The Balaban J connectivity index is 1.79. The van der Waals surface area contributed by atoms with Gasteiger partial charge in [0.1, 0.15) is 5.75 Å². The summed E-state index contributed by atoms with van der Waals surface area (Å²) in [5.74, 6) is -2.45. The third-order valence-electron chi connectivity index (χ3n) is 5.38. The van der Waals surface area contributed by atoms with Gasteiger partial charge in [-0.2, -0.15) is 0 Å². The number of carboxylic acid groups (broad SMARTS) is 1. The van der Waals surface area contributed by atoms with Gasteiger partial charge in [-0.25, -0.2) is 0 Å². The molecular formula is C19H24N2O6. The molecule has 3 rings (SSSR count). The Morgan fingerprint density at radius 3 is 2.44 bits per heavy atom. The van der Waals surface area contributed by atoms with E-state index < -0.39 is 23.2 Å². The van der Waals surface area contributed by atoms with Crippen molar-refractivity contribution in [3.05, 3.63) is 23.8 Å². The normalized spacial score (nSPS) is 23.4. The van der Waals surface area contributed by atoms with Crippen molar-refractivity contribution in [3.8, 4) is 5.75 Å². The van der Waals surface area contributed by atoms with Crippen LogP contribution < -0.4 is 10.1 Å². The van der Waals surface area contributed by atoms with Crippen LogP contribution in [-0.2, 0) is 14.3 Å². The molecule has 1 aromatic rings. The summed E-state index contributed by atoms with van der Waals surface area (Å²) in [6.45, 7) is 5.54. The van der Waals surface area contributed by atoms with E-state index in [2.05, 4.69) is 5.32 Å². The maximum Gasteiger partial charge on any atom is 0.307 e. The minimum atomic E-state index is -0.983. The van der Waals surface area contributed by atoms with Crippen LogP contribution in [0.5, 0.6) is 5.75 Å². The molecule has 2 N–H and O–H groups in total. The van der Waals surface area contributed by atoms with Gasteiger partial charge in [0, 0.05) is 18.7 Å². The zero-order chi connectivity index (χ0) is 19.8. The monoisotopic (exact) mass is 376 g/mol. The summed E-state index contributed by atoms with van der Waals surface area (Å²) in [5, 5.41) is 12.0. The average Bonchev–Trinajstić information content (AvgIpc) is 3.24. The standard InChI is InChI=1S/C19H24N2O6/c1-19(2)14(15(19)18(24)25)16(22)20-12-10-11(4-5-13(12)26-3)17(23)21-6-8-27-9-7-21/h4-5,10,14-15H,6-9H2,1-3H3,(H,20,22)(H,24,25)/t14-,15+/m1/s1. The van der Waals surface area contributed by atoms with Gasteiger partial charge in [0.05, 0.1) is 37.8 Å². The molecule has 27 heavy (non-hydrogen) atoms. The molecule has 1 saturated heterocycles. The molecule has 1 aliphatic heterocycles. The summed E-state index contributed by atoms with van der Waals surface area (Å²) < 4.78 is 10.5. The predicted molar refractivity (Wildman–Crippen MR) is 96.7 cm³/mol. The van der Waals surface area contributed by atoms with Gasteiger partial charge in [0.15, 0.2) is 0 Å². The summed E-state index contributed by atoms with van der Waals surface area (Å²) in [6.07, 6.45) is 0. The highest BCUT2D eigenvalue weighted by Gasteiger charge is 2.65. The van der Waals surface area contributed by atoms with Crippen molar-refractivity contribution in [1.29, 1.82) is 0 Å². The van der Waals surface area contributed by atoms with Crippen LogP contribution in [-0.4, -0.2) is 61.2 Å². The molecule has 146 valence electrons. The molecule has 1 aromatic carbocycles. The molecule has 0 spiro atoms. The number of amides is 2. The van der Waals surface area contributed by atoms with E-state index in [4.69, 9.17) is 9.47 Å². The smallest absolute Gasteiger partial charge is 0.307 e. The quantitative estimate of drug-likeness (QED) is 0.806. The first-order chi connectivity index (χ1) is 12.8. The number of ether oxygens (including phenoxy) is 2. The molecule has 1 saturated carbocycles. The first-order valence-corrected chi connectivity index (χ1v) is 8.86. The molecule has 0 radical (unpaired) electrons. The molecule has 2 aliphatic rings. The van der Waals surface area contributed by atoms with E-state index in [9.17, 15) is 19.5 Å². The first kappa shape index (κ1) is 19.2. The number of anilines is 1. The SMILES string of the molecule is COc1ccc(C(=O)N2CCOCC2)cc1NC(=O)[C@H]1[C@@H](C(=O)O)C1(C)C. The highest BCUT2D eigenvalue weighted by atomic mass is 16.5. The van der Waals surface area contributed by atoms with Crippen LogP contribution in [0, 0.1) is 17.3 Å². The molecule has 1 heterocycles. The zero-order valence-corrected chi connectivity index (χ0v) is 15.7. The lowest BCUT2D eigenvalue weighted by Gasteiger charge is -2.27. The molecular weight excluding hydrogens is 352 g/mol. The van der Waals surface area contributed by atoms with Crippen LogP contribution in [0.25, 0.3) is 0 Å². The maximum atomic E-state index is 12.7. The molecule has 0 bridgehead atoms. The number of carboxylic acids is 1. The summed E-state index contributed by atoms with van der Waals surface area (Å²) in [7, 11) is 1.47. The summed E-state index contributed by atoms with van der Waals surface area (Å²) in [4.78, 5) is 38.3. The van der Waals surface area contributed by atoms with Crippen molar-refractivity contribution in [2.24, 2.45) is 17.3 Å². The number of nitrogens with one attached hydrogen (secondary N) is 1. The van der Waals surface area contributed by atoms with Crippen molar-refractivity contribution in [2.75, 3.05) is 38.7 Å². The van der Waals surface area contributed by atoms with E-state index in [1.54, 1.807) is 36.9 Å². The van der Waals surface area contributed by atoms with Gasteiger partial charge >= 0.3 is 5.97 Å². The first-order valence-electron chi connectivity index (χ1n) is 8.86. The van der Waals surface area contributed by atoms with Crippen LogP contribution >= 0.6 is 0 Å². The Labute approximate surface area is 157 Å². The lowest BCUT2D eigenvalue weighted by Crippen LogP contribution is -2.40. The Kier molecular flexibility index (Phi) is 5.10. The Hall–Kier alpha value is -2.61. The summed E-state index contributed by atoms with van der Waals surface area (Å²) in [6, 6.07) is 4.84. The van der Waals surface area contributed by atoms with Crippen LogP contribution in [0.1, 0.15) is 24.2 Å². The molecule has 2 fully saturated rings. The fraction of sp³-hybridized carbons (Fsp3) is 0.526. The molecule has 0 unspecified atom stereocenters. The number of carbonyl (C=O) groups excluding carboxylic acids is 2. The highest BCUT2D eigenvalue weighted by Crippen LogP contribution is 2.58. The number of aliphatic carboxylic acids is 1. The van der Waals surface area contributed by atoms with Crippen molar-refractivity contribution < 1.29 is 29.0 Å². The number of rotatable bonds is 5. The highest BCUT2D eigenvalue weighted by molar-refractivity contribution is 6.02. The fourth-order valence-electron chi connectivity index (χ4n) is 3.69. The van der Waals surface area contributed by atoms with Crippen LogP contribution in [0.2, 0.25) is 0 Å². The molecule has 8 nitrogen and oxygen atoms in total. The van der Waals surface area contributed by atoms with Gasteiger partial charge in [0.25, 0.3) is 5.91 Å². The average molecular weight is 376 g/mol. The largest absolute Gasteiger partial charge is 0.495 e. The Morgan fingerprint density at radius 1 is 1.22 bits per heavy atom. The number of methoxy groups -OCH3 is 1. The minimum absolute atomic E-state index is 0.147. The maximum absolute atomic E-state index is 12.7. The van der Waals surface area contributed by atoms with Crippen molar-refractivity contribution in [2.45, 2.75) is 13.8 Å². The van der Waals surface area contributed by atoms with E-state index in [0.717, 1.165) is 0 Å². The minimum Gasteiger partial charge on any atom is -0.495 e. The number of carbonyl (C=O) groups is 3. The lowest BCUT2D eigenvalue weighted by atomic mass is 10.1. The number of nitrogens with zero attached hydrogens (tertiary/aromatic N) is 1. The van der Waals surface area contributed by atoms with Crippen LogP contribution in [0.3, 0.4) is 0 Å². The number of benzene rings is 1. The number of hydrogen-bond acceptors (Lipinski definition) is 5. The number of hydrogen-bond donors (Lipinski definition) is 2. The lowest BCUT2D eigenvalue weighted by molar-refractivity contribution is -0.140. The second-order valence-corrected chi connectivity index (χ2v) is 7.42.